The second kappa shape index (κ2) is 13.3. The first-order valence-electron chi connectivity index (χ1n) is 12.0. The van der Waals surface area contributed by atoms with Gasteiger partial charge in [-0.15, -0.1) is 0 Å². The predicted molar refractivity (Wildman–Crippen MR) is 143 cm³/mol. The molecule has 1 atom stereocenters. The van der Waals surface area contributed by atoms with E-state index >= 15 is 0 Å². The Morgan fingerprint density at radius 3 is 2.14 bits per heavy atom. The van der Waals surface area contributed by atoms with E-state index in [-0.39, 0.29) is 5.91 Å². The first kappa shape index (κ1) is 26.7. The van der Waals surface area contributed by atoms with Gasteiger partial charge in [0.2, 0.25) is 0 Å². The molecule has 0 aliphatic carbocycles. The molecule has 0 aromatic heterocycles. The molecule has 36 heavy (non-hydrogen) atoms. The van der Waals surface area contributed by atoms with E-state index in [2.05, 4.69) is 34.7 Å². The Labute approximate surface area is 212 Å². The summed E-state index contributed by atoms with van der Waals surface area (Å²) in [6.07, 6.45) is -0.741. The number of anilines is 2. The number of nitrogens with one attached hydrogen (secondary N) is 3. The number of hydrogen-bond acceptors (Lipinski definition) is 5. The molecule has 0 spiro atoms. The summed E-state index contributed by atoms with van der Waals surface area (Å²) in [7, 11) is 1.48. The Kier molecular flexibility index (Phi) is 9.85. The lowest BCUT2D eigenvalue weighted by atomic mass is 10.0. The van der Waals surface area contributed by atoms with Crippen molar-refractivity contribution in [3.8, 4) is 5.75 Å². The standard InChI is InChI=1S/C28H34N4O4/c1-4-32(5-2)18-17-29-27(34)24-16-15-23(19-25(24)36-3)31-28(35)30-22-13-11-21(12-14-22)26(33)20-9-7-6-8-10-20/h6-16,19,26,33H,4-5,17-18H2,1-3H3,(H,29,34)(H2,30,31,35). The Balaban J connectivity index is 1.57. The zero-order valence-corrected chi connectivity index (χ0v) is 21.0. The minimum absolute atomic E-state index is 0.229. The van der Waals surface area contributed by atoms with Gasteiger partial charge in [0.15, 0.2) is 0 Å². The average molecular weight is 491 g/mol. The van der Waals surface area contributed by atoms with Crippen LogP contribution < -0.4 is 20.7 Å². The van der Waals surface area contributed by atoms with Gasteiger partial charge < -0.3 is 30.7 Å². The molecule has 0 saturated carbocycles. The van der Waals surface area contributed by atoms with Gasteiger partial charge in [0, 0.05) is 30.5 Å². The summed E-state index contributed by atoms with van der Waals surface area (Å²) in [5.74, 6) is 0.139. The van der Waals surface area contributed by atoms with E-state index in [4.69, 9.17) is 4.74 Å². The van der Waals surface area contributed by atoms with Crippen molar-refractivity contribution < 1.29 is 19.4 Å². The number of amides is 3. The number of likely N-dealkylation sites (N-methyl/N-ethyl adjacent to an activating group) is 1. The van der Waals surface area contributed by atoms with Crippen LogP contribution in [0.5, 0.6) is 5.75 Å². The molecule has 3 amide bonds. The SMILES string of the molecule is CCN(CC)CCNC(=O)c1ccc(NC(=O)Nc2ccc(C(O)c3ccccc3)cc2)cc1OC. The molecule has 8 nitrogen and oxygen atoms in total. The molecule has 0 fully saturated rings. The van der Waals surface area contributed by atoms with Crippen LogP contribution in [0.25, 0.3) is 0 Å². The van der Waals surface area contributed by atoms with Crippen LogP contribution in [0.3, 0.4) is 0 Å². The molecular weight excluding hydrogens is 456 g/mol. The number of rotatable bonds is 11. The Bertz CT molecular complexity index is 1130. The molecule has 0 heterocycles. The minimum atomic E-state index is -0.741. The number of nitrogens with zero attached hydrogens (tertiary/aromatic N) is 1. The maximum Gasteiger partial charge on any atom is 0.323 e. The minimum Gasteiger partial charge on any atom is -0.496 e. The van der Waals surface area contributed by atoms with Gasteiger partial charge in [-0.05, 0) is 48.5 Å². The predicted octanol–water partition coefficient (Wildman–Crippen LogP) is 4.49. The summed E-state index contributed by atoms with van der Waals surface area (Å²) in [4.78, 5) is 27.3. The Morgan fingerprint density at radius 2 is 1.50 bits per heavy atom. The van der Waals surface area contributed by atoms with E-state index in [1.165, 1.54) is 7.11 Å². The monoisotopic (exact) mass is 490 g/mol. The highest BCUT2D eigenvalue weighted by Gasteiger charge is 2.14. The highest BCUT2D eigenvalue weighted by Crippen LogP contribution is 2.25. The van der Waals surface area contributed by atoms with Crippen LogP contribution >= 0.6 is 0 Å². The molecule has 0 aliphatic heterocycles. The number of ether oxygens (including phenoxy) is 1. The molecule has 0 bridgehead atoms. The third-order valence-electron chi connectivity index (χ3n) is 5.91. The molecule has 0 aliphatic rings. The number of benzene rings is 3. The zero-order valence-electron chi connectivity index (χ0n) is 21.0. The van der Waals surface area contributed by atoms with E-state index in [9.17, 15) is 14.7 Å². The van der Waals surface area contributed by atoms with Crippen molar-refractivity contribution in [3.63, 3.8) is 0 Å². The molecule has 0 saturated heterocycles. The summed E-state index contributed by atoms with van der Waals surface area (Å²) < 4.78 is 5.38. The summed E-state index contributed by atoms with van der Waals surface area (Å²) in [5, 5.41) is 18.9. The highest BCUT2D eigenvalue weighted by atomic mass is 16.5. The third kappa shape index (κ3) is 7.31. The Morgan fingerprint density at radius 1 is 0.889 bits per heavy atom. The number of methoxy groups -OCH3 is 1. The number of hydrogen-bond donors (Lipinski definition) is 4. The van der Waals surface area contributed by atoms with Crippen LogP contribution in [0.15, 0.2) is 72.8 Å². The van der Waals surface area contributed by atoms with Gasteiger partial charge in [0.1, 0.15) is 11.9 Å². The van der Waals surface area contributed by atoms with Crippen molar-refractivity contribution in [1.29, 1.82) is 0 Å². The van der Waals surface area contributed by atoms with Crippen molar-refractivity contribution in [3.05, 3.63) is 89.5 Å². The summed E-state index contributed by atoms with van der Waals surface area (Å²) >= 11 is 0. The fourth-order valence-electron chi connectivity index (χ4n) is 3.79. The topological polar surface area (TPSA) is 103 Å². The number of carbonyl (C=O) groups excluding carboxylic acids is 2. The van der Waals surface area contributed by atoms with Crippen molar-refractivity contribution in [2.24, 2.45) is 0 Å². The maximum atomic E-state index is 12.6. The molecule has 4 N–H and O–H groups in total. The number of urea groups is 1. The van der Waals surface area contributed by atoms with E-state index in [1.807, 2.05) is 30.3 Å². The van der Waals surface area contributed by atoms with Crippen LogP contribution in [-0.4, -0.2) is 55.2 Å². The first-order chi connectivity index (χ1) is 17.4. The maximum absolute atomic E-state index is 12.6. The smallest absolute Gasteiger partial charge is 0.323 e. The normalized spacial score (nSPS) is 11.6. The average Bonchev–Trinajstić information content (AvgIpc) is 2.91. The largest absolute Gasteiger partial charge is 0.496 e. The number of carbonyl (C=O) groups is 2. The fraction of sp³-hybridized carbons (Fsp3) is 0.286. The van der Waals surface area contributed by atoms with Gasteiger partial charge in [-0.3, -0.25) is 4.79 Å². The molecule has 8 heteroatoms. The van der Waals surface area contributed by atoms with Gasteiger partial charge >= 0.3 is 6.03 Å². The fourth-order valence-corrected chi connectivity index (χ4v) is 3.79. The number of aliphatic hydroxyl groups is 1. The molecular formula is C28H34N4O4. The van der Waals surface area contributed by atoms with Crippen LogP contribution in [-0.2, 0) is 0 Å². The summed E-state index contributed by atoms with van der Waals surface area (Å²) in [6.45, 7) is 7.33. The van der Waals surface area contributed by atoms with Gasteiger partial charge in [0.05, 0.1) is 12.7 Å². The van der Waals surface area contributed by atoms with Crippen LogP contribution in [0.4, 0.5) is 16.2 Å². The van der Waals surface area contributed by atoms with Gasteiger partial charge in [0.25, 0.3) is 5.91 Å². The second-order valence-electron chi connectivity index (χ2n) is 8.21. The van der Waals surface area contributed by atoms with E-state index < -0.39 is 12.1 Å². The van der Waals surface area contributed by atoms with Crippen LogP contribution in [0.2, 0.25) is 0 Å². The molecule has 3 aromatic carbocycles. The van der Waals surface area contributed by atoms with E-state index in [0.29, 0.717) is 29.2 Å². The lowest BCUT2D eigenvalue weighted by Gasteiger charge is -2.18. The van der Waals surface area contributed by atoms with Gasteiger partial charge in [-0.1, -0.05) is 56.3 Å². The summed E-state index contributed by atoms with van der Waals surface area (Å²) in [5.41, 5.74) is 2.98. The first-order valence-corrected chi connectivity index (χ1v) is 12.0. The lowest BCUT2D eigenvalue weighted by molar-refractivity contribution is 0.0946. The molecule has 1 unspecified atom stereocenters. The molecule has 190 valence electrons. The van der Waals surface area contributed by atoms with Crippen molar-refractivity contribution in [1.82, 2.24) is 10.2 Å². The van der Waals surface area contributed by atoms with Crippen LogP contribution in [0, 0.1) is 0 Å². The van der Waals surface area contributed by atoms with E-state index in [1.54, 1.807) is 42.5 Å². The lowest BCUT2D eigenvalue weighted by Crippen LogP contribution is -2.34. The zero-order chi connectivity index (χ0) is 25.9. The molecule has 3 rings (SSSR count). The third-order valence-corrected chi connectivity index (χ3v) is 5.91. The Hall–Kier alpha value is -3.88. The molecule has 3 aromatic rings. The van der Waals surface area contributed by atoms with Crippen molar-refractivity contribution >= 4 is 23.3 Å². The van der Waals surface area contributed by atoms with Gasteiger partial charge in [-0.2, -0.15) is 0 Å². The van der Waals surface area contributed by atoms with Crippen molar-refractivity contribution in [2.75, 3.05) is 43.9 Å². The quantitative estimate of drug-likeness (QED) is 0.317. The second-order valence-corrected chi connectivity index (χ2v) is 8.21. The molecule has 0 radical (unpaired) electrons. The van der Waals surface area contributed by atoms with Crippen molar-refractivity contribution in [2.45, 2.75) is 20.0 Å². The van der Waals surface area contributed by atoms with Gasteiger partial charge in [-0.25, -0.2) is 4.79 Å². The summed E-state index contributed by atoms with van der Waals surface area (Å²) in [6, 6.07) is 20.8. The van der Waals surface area contributed by atoms with Crippen LogP contribution in [0.1, 0.15) is 41.4 Å². The number of aliphatic hydroxyl groups excluding tert-OH is 1. The highest BCUT2D eigenvalue weighted by molar-refractivity contribution is 6.01. The van der Waals surface area contributed by atoms with E-state index in [0.717, 1.165) is 30.8 Å².